The number of fused-ring (bicyclic) bond motifs is 3. The van der Waals surface area contributed by atoms with Gasteiger partial charge in [-0.15, -0.1) is 0 Å². The predicted molar refractivity (Wildman–Crippen MR) is 117 cm³/mol. The number of piperidine rings is 1. The number of imidazole rings is 1. The number of ketones is 1. The number of Topliss-reactive ketones (excluding diaryl/α,β-unsaturated/α-hetero) is 1. The molecule has 31 heavy (non-hydrogen) atoms. The molecule has 3 aromatic rings. The van der Waals surface area contributed by atoms with Gasteiger partial charge < -0.3 is 9.47 Å². The maximum absolute atomic E-state index is 13.2. The first-order chi connectivity index (χ1) is 15.1. The molecule has 6 heteroatoms. The number of likely N-dealkylation sites (tertiary alicyclic amines) is 1. The van der Waals surface area contributed by atoms with Gasteiger partial charge in [-0.25, -0.2) is 4.98 Å². The molecule has 0 spiro atoms. The third-order valence-corrected chi connectivity index (χ3v) is 6.60. The minimum Gasteiger partial charge on any atom is -0.342 e. The van der Waals surface area contributed by atoms with E-state index in [1.807, 2.05) is 54.7 Å². The maximum Gasteiger partial charge on any atom is 0.236 e. The van der Waals surface area contributed by atoms with E-state index in [4.69, 9.17) is 0 Å². The van der Waals surface area contributed by atoms with Crippen LogP contribution in [0.4, 0.5) is 0 Å². The summed E-state index contributed by atoms with van der Waals surface area (Å²) in [7, 11) is 0. The van der Waals surface area contributed by atoms with Crippen molar-refractivity contribution in [2.75, 3.05) is 13.1 Å². The summed E-state index contributed by atoms with van der Waals surface area (Å²) in [6.07, 6.45) is 7.29. The first-order valence-corrected chi connectivity index (χ1v) is 10.8. The summed E-state index contributed by atoms with van der Waals surface area (Å²) in [4.78, 5) is 36.4. The number of aromatic nitrogens is 3. The number of pyridine rings is 1. The fourth-order valence-electron chi connectivity index (χ4n) is 4.83. The molecule has 1 amide bonds. The third-order valence-electron chi connectivity index (χ3n) is 6.60. The summed E-state index contributed by atoms with van der Waals surface area (Å²) in [6.45, 7) is 3.04. The van der Waals surface area contributed by atoms with E-state index < -0.39 is 0 Å². The average molecular weight is 414 g/mol. The summed E-state index contributed by atoms with van der Waals surface area (Å²) < 4.78 is 2.12. The lowest BCUT2D eigenvalue weighted by Crippen LogP contribution is -2.42. The zero-order valence-electron chi connectivity index (χ0n) is 17.6. The highest BCUT2D eigenvalue weighted by Gasteiger charge is 2.34. The van der Waals surface area contributed by atoms with Gasteiger partial charge in [-0.05, 0) is 37.5 Å². The fourth-order valence-corrected chi connectivity index (χ4v) is 4.83. The lowest BCUT2D eigenvalue weighted by Gasteiger charge is -2.33. The first-order valence-electron chi connectivity index (χ1n) is 10.8. The van der Waals surface area contributed by atoms with Gasteiger partial charge in [-0.3, -0.25) is 14.6 Å². The van der Waals surface area contributed by atoms with Crippen molar-refractivity contribution in [2.24, 2.45) is 5.92 Å². The Kier molecular flexibility index (Phi) is 5.14. The number of amides is 1. The van der Waals surface area contributed by atoms with E-state index in [-0.39, 0.29) is 23.7 Å². The van der Waals surface area contributed by atoms with Crippen LogP contribution < -0.4 is 0 Å². The normalized spacial score (nSPS) is 18.1. The van der Waals surface area contributed by atoms with Crippen molar-refractivity contribution in [3.8, 4) is 11.3 Å². The summed E-state index contributed by atoms with van der Waals surface area (Å²) in [5.41, 5.74) is 4.15. The monoisotopic (exact) mass is 413 g/mol. The zero-order chi connectivity index (χ0) is 21.4. The predicted octanol–water partition coefficient (Wildman–Crippen LogP) is 3.69. The first kappa shape index (κ1) is 19.7. The Hall–Kier alpha value is -3.28. The van der Waals surface area contributed by atoms with Gasteiger partial charge in [0.1, 0.15) is 11.7 Å². The second-order valence-electron chi connectivity index (χ2n) is 8.37. The van der Waals surface area contributed by atoms with Crippen molar-refractivity contribution in [3.05, 3.63) is 78.4 Å². The molecule has 4 heterocycles. The second-order valence-corrected chi connectivity index (χ2v) is 8.37. The SMILES string of the molecule is C[C](C(=O)N1CCC(C(=O)CC2c3ccccc3-c3cncn32)CC1)c1ccccn1. The third kappa shape index (κ3) is 3.56. The quantitative estimate of drug-likeness (QED) is 0.640. The molecule has 0 aliphatic carbocycles. The summed E-state index contributed by atoms with van der Waals surface area (Å²) >= 11 is 0. The van der Waals surface area contributed by atoms with E-state index in [0.717, 1.165) is 5.69 Å². The summed E-state index contributed by atoms with van der Waals surface area (Å²) in [6, 6.07) is 13.9. The highest BCUT2D eigenvalue weighted by atomic mass is 16.2. The Balaban J connectivity index is 1.22. The maximum atomic E-state index is 13.2. The van der Waals surface area contributed by atoms with E-state index in [9.17, 15) is 9.59 Å². The summed E-state index contributed by atoms with van der Waals surface area (Å²) in [5.74, 6) is 0.941. The van der Waals surface area contributed by atoms with Gasteiger partial charge in [0.15, 0.2) is 0 Å². The standard InChI is InChI=1S/C25H25N4O2/c1-17(21-8-4-5-11-27-21)25(31)28-12-9-18(10-13-28)24(30)14-22-19-6-2-3-7-20(19)23-15-26-16-29(22)23/h2-8,11,15-16,18,22H,9-10,12-14H2,1H3. The molecule has 157 valence electrons. The lowest BCUT2D eigenvalue weighted by atomic mass is 9.87. The van der Waals surface area contributed by atoms with Gasteiger partial charge >= 0.3 is 0 Å². The molecule has 2 aliphatic heterocycles. The molecule has 1 radical (unpaired) electrons. The van der Waals surface area contributed by atoms with E-state index >= 15 is 0 Å². The van der Waals surface area contributed by atoms with Crippen molar-refractivity contribution in [2.45, 2.75) is 32.2 Å². The molecule has 0 N–H and O–H groups in total. The minimum absolute atomic E-state index is 0.000981. The van der Waals surface area contributed by atoms with Crippen LogP contribution in [0, 0.1) is 11.8 Å². The molecule has 1 atom stereocenters. The van der Waals surface area contributed by atoms with Gasteiger partial charge in [0.2, 0.25) is 5.91 Å². The molecule has 1 aromatic carbocycles. The van der Waals surface area contributed by atoms with Gasteiger partial charge in [-0.1, -0.05) is 30.3 Å². The van der Waals surface area contributed by atoms with Crippen LogP contribution in [0.5, 0.6) is 0 Å². The molecule has 2 aliphatic rings. The van der Waals surface area contributed by atoms with Crippen LogP contribution in [0.2, 0.25) is 0 Å². The van der Waals surface area contributed by atoms with E-state index in [0.29, 0.717) is 44.0 Å². The number of hydrogen-bond acceptors (Lipinski definition) is 4. The Morgan fingerprint density at radius 1 is 1.06 bits per heavy atom. The van der Waals surface area contributed by atoms with Gasteiger partial charge in [-0.2, -0.15) is 0 Å². The van der Waals surface area contributed by atoms with Crippen LogP contribution in [0.15, 0.2) is 61.2 Å². The van der Waals surface area contributed by atoms with Crippen molar-refractivity contribution in [1.29, 1.82) is 0 Å². The van der Waals surface area contributed by atoms with Crippen LogP contribution >= 0.6 is 0 Å². The topological polar surface area (TPSA) is 68.1 Å². The number of benzene rings is 1. The van der Waals surface area contributed by atoms with Crippen molar-refractivity contribution in [3.63, 3.8) is 0 Å². The molecular formula is C25H25N4O2. The molecular weight excluding hydrogens is 388 g/mol. The van der Waals surface area contributed by atoms with E-state index in [2.05, 4.69) is 26.7 Å². The Morgan fingerprint density at radius 3 is 2.61 bits per heavy atom. The number of nitrogens with zero attached hydrogens (tertiary/aromatic N) is 4. The largest absolute Gasteiger partial charge is 0.342 e. The Morgan fingerprint density at radius 2 is 1.84 bits per heavy atom. The number of carbonyl (C=O) groups excluding carboxylic acids is 2. The highest BCUT2D eigenvalue weighted by molar-refractivity contribution is 5.93. The van der Waals surface area contributed by atoms with Crippen LogP contribution in [0.1, 0.15) is 43.5 Å². The molecule has 0 bridgehead atoms. The zero-order valence-corrected chi connectivity index (χ0v) is 17.6. The molecule has 0 saturated carbocycles. The smallest absolute Gasteiger partial charge is 0.236 e. The number of rotatable bonds is 5. The van der Waals surface area contributed by atoms with Crippen molar-refractivity contribution < 1.29 is 9.59 Å². The lowest BCUT2D eigenvalue weighted by molar-refractivity contribution is -0.133. The molecule has 1 saturated heterocycles. The van der Waals surface area contributed by atoms with E-state index in [1.165, 1.54) is 11.1 Å². The van der Waals surface area contributed by atoms with Gasteiger partial charge in [0.05, 0.1) is 30.0 Å². The van der Waals surface area contributed by atoms with Crippen molar-refractivity contribution in [1.82, 2.24) is 19.4 Å². The van der Waals surface area contributed by atoms with E-state index in [1.54, 1.807) is 6.20 Å². The van der Waals surface area contributed by atoms with Crippen molar-refractivity contribution >= 4 is 11.7 Å². The molecule has 2 aromatic heterocycles. The molecule has 1 fully saturated rings. The van der Waals surface area contributed by atoms with Gasteiger partial charge in [0.25, 0.3) is 0 Å². The Labute approximate surface area is 181 Å². The van der Waals surface area contributed by atoms with Crippen LogP contribution in [-0.2, 0) is 9.59 Å². The van der Waals surface area contributed by atoms with Gasteiger partial charge in [0, 0.05) is 37.2 Å². The molecule has 6 nitrogen and oxygen atoms in total. The minimum atomic E-state index is -0.000981. The van der Waals surface area contributed by atoms with Crippen LogP contribution in [0.3, 0.4) is 0 Å². The Bertz CT molecular complexity index is 1100. The number of carbonyl (C=O) groups is 2. The molecule has 5 rings (SSSR count). The van der Waals surface area contributed by atoms with Crippen LogP contribution in [-0.4, -0.2) is 44.2 Å². The fraction of sp³-hybridized carbons (Fsp3) is 0.320. The number of hydrogen-bond donors (Lipinski definition) is 0. The average Bonchev–Trinajstić information content (AvgIpc) is 3.41. The summed E-state index contributed by atoms with van der Waals surface area (Å²) in [5, 5.41) is 0. The van der Waals surface area contributed by atoms with Crippen LogP contribution in [0.25, 0.3) is 11.3 Å². The second kappa shape index (κ2) is 8.10. The highest BCUT2D eigenvalue weighted by Crippen LogP contribution is 2.41. The molecule has 1 unspecified atom stereocenters.